The summed E-state index contributed by atoms with van der Waals surface area (Å²) in [6.45, 7) is 6.54. The van der Waals surface area contributed by atoms with Crippen molar-refractivity contribution in [2.75, 3.05) is 0 Å². The van der Waals surface area contributed by atoms with Crippen molar-refractivity contribution in [3.8, 4) is 0 Å². The minimum absolute atomic E-state index is 0.0133. The summed E-state index contributed by atoms with van der Waals surface area (Å²) < 4.78 is 6.93. The Morgan fingerprint density at radius 1 is 1.56 bits per heavy atom. The number of rotatable bonds is 4. The fourth-order valence-corrected chi connectivity index (χ4v) is 1.87. The van der Waals surface area contributed by atoms with Crippen LogP contribution in [0.4, 0.5) is 0 Å². The fraction of sp³-hybridized carbons (Fsp3) is 0.385. The zero-order chi connectivity index (χ0) is 13.1. The van der Waals surface area contributed by atoms with E-state index in [1.165, 1.54) is 6.26 Å². The van der Waals surface area contributed by atoms with Gasteiger partial charge in [0.15, 0.2) is 5.76 Å². The van der Waals surface area contributed by atoms with Gasteiger partial charge in [-0.15, -0.1) is 0 Å². The van der Waals surface area contributed by atoms with Crippen LogP contribution in [0.1, 0.15) is 28.9 Å². The predicted molar refractivity (Wildman–Crippen MR) is 67.3 cm³/mol. The Bertz CT molecular complexity index is 528. The van der Waals surface area contributed by atoms with Gasteiger partial charge in [0.2, 0.25) is 0 Å². The maximum absolute atomic E-state index is 11.8. The third-order valence-corrected chi connectivity index (χ3v) is 2.67. The van der Waals surface area contributed by atoms with Crippen molar-refractivity contribution < 1.29 is 9.21 Å². The average Bonchev–Trinajstić information content (AvgIpc) is 2.89. The van der Waals surface area contributed by atoms with E-state index in [0.29, 0.717) is 12.3 Å². The molecule has 0 aliphatic carbocycles. The Labute approximate surface area is 106 Å². The molecule has 2 rings (SSSR count). The molecule has 0 saturated carbocycles. The van der Waals surface area contributed by atoms with Gasteiger partial charge >= 0.3 is 0 Å². The number of aromatic nitrogens is 2. The zero-order valence-electron chi connectivity index (χ0n) is 10.8. The smallest absolute Gasteiger partial charge is 0.287 e. The highest BCUT2D eigenvalue weighted by Crippen LogP contribution is 2.04. The molecule has 0 spiro atoms. The molecule has 2 heterocycles. The molecule has 0 fully saturated rings. The minimum Gasteiger partial charge on any atom is -0.459 e. The summed E-state index contributed by atoms with van der Waals surface area (Å²) in [6, 6.07) is 5.34. The van der Waals surface area contributed by atoms with Crippen LogP contribution < -0.4 is 5.32 Å². The summed E-state index contributed by atoms with van der Waals surface area (Å²) in [5.41, 5.74) is 2.07. The van der Waals surface area contributed by atoms with Crippen molar-refractivity contribution in [3.05, 3.63) is 41.6 Å². The number of aryl methyl sites for hydroxylation is 2. The number of carbonyl (C=O) groups is 1. The van der Waals surface area contributed by atoms with Gasteiger partial charge in [-0.05, 0) is 39.0 Å². The first-order valence-corrected chi connectivity index (χ1v) is 5.91. The first-order chi connectivity index (χ1) is 8.56. The lowest BCUT2D eigenvalue weighted by atomic mass is 10.3. The average molecular weight is 247 g/mol. The van der Waals surface area contributed by atoms with Crippen LogP contribution in [-0.4, -0.2) is 21.7 Å². The number of nitrogens with one attached hydrogen (secondary N) is 1. The number of carbonyl (C=O) groups excluding carboxylic acids is 1. The van der Waals surface area contributed by atoms with Crippen LogP contribution in [0.25, 0.3) is 0 Å². The van der Waals surface area contributed by atoms with Crippen molar-refractivity contribution in [2.45, 2.75) is 33.4 Å². The summed E-state index contributed by atoms with van der Waals surface area (Å²) in [5.74, 6) is 0.129. The van der Waals surface area contributed by atoms with Crippen molar-refractivity contribution in [1.82, 2.24) is 15.1 Å². The minimum atomic E-state index is -0.200. The van der Waals surface area contributed by atoms with E-state index < -0.39 is 0 Å². The van der Waals surface area contributed by atoms with Gasteiger partial charge in [0, 0.05) is 11.7 Å². The molecular formula is C13H17N3O2. The Morgan fingerprint density at radius 3 is 2.89 bits per heavy atom. The summed E-state index contributed by atoms with van der Waals surface area (Å²) in [4.78, 5) is 11.8. The monoisotopic (exact) mass is 247 g/mol. The molecule has 1 unspecified atom stereocenters. The largest absolute Gasteiger partial charge is 0.459 e. The first kappa shape index (κ1) is 12.4. The van der Waals surface area contributed by atoms with Crippen LogP contribution in [0.5, 0.6) is 0 Å². The summed E-state index contributed by atoms with van der Waals surface area (Å²) in [5, 5.41) is 7.24. The number of hydrogen-bond donors (Lipinski definition) is 1. The fourth-order valence-electron chi connectivity index (χ4n) is 1.87. The van der Waals surface area contributed by atoms with E-state index in [-0.39, 0.29) is 11.9 Å². The molecule has 0 aliphatic rings. The zero-order valence-corrected chi connectivity index (χ0v) is 10.8. The van der Waals surface area contributed by atoms with E-state index in [1.54, 1.807) is 12.1 Å². The van der Waals surface area contributed by atoms with Crippen molar-refractivity contribution >= 4 is 5.91 Å². The Morgan fingerprint density at radius 2 is 2.33 bits per heavy atom. The molecule has 96 valence electrons. The predicted octanol–water partition coefficient (Wildman–Crippen LogP) is 1.91. The van der Waals surface area contributed by atoms with Gasteiger partial charge in [0.05, 0.1) is 18.5 Å². The molecule has 1 N–H and O–H groups in total. The highest BCUT2D eigenvalue weighted by Gasteiger charge is 2.13. The second kappa shape index (κ2) is 5.08. The van der Waals surface area contributed by atoms with E-state index in [2.05, 4.69) is 10.4 Å². The van der Waals surface area contributed by atoms with Crippen LogP contribution in [0.15, 0.2) is 28.9 Å². The third-order valence-electron chi connectivity index (χ3n) is 2.67. The van der Waals surface area contributed by atoms with E-state index in [4.69, 9.17) is 4.42 Å². The molecule has 0 bridgehead atoms. The highest BCUT2D eigenvalue weighted by atomic mass is 16.3. The molecule has 0 saturated heterocycles. The summed E-state index contributed by atoms with van der Waals surface area (Å²) in [6.07, 6.45) is 1.49. The molecule has 5 nitrogen and oxygen atoms in total. The molecule has 2 aromatic heterocycles. The molecule has 2 aromatic rings. The summed E-state index contributed by atoms with van der Waals surface area (Å²) in [7, 11) is 0. The van der Waals surface area contributed by atoms with Gasteiger partial charge in [-0.25, -0.2) is 0 Å². The molecule has 1 atom stereocenters. The normalized spacial score (nSPS) is 12.4. The van der Waals surface area contributed by atoms with Crippen LogP contribution in [0.3, 0.4) is 0 Å². The SMILES string of the molecule is Cc1cc(C)n(CC(C)NC(=O)c2ccco2)n1. The van der Waals surface area contributed by atoms with Gasteiger partial charge in [-0.3, -0.25) is 9.48 Å². The van der Waals surface area contributed by atoms with Gasteiger partial charge in [0.25, 0.3) is 5.91 Å². The maximum Gasteiger partial charge on any atom is 0.287 e. The Balaban J connectivity index is 1.95. The summed E-state index contributed by atoms with van der Waals surface area (Å²) >= 11 is 0. The van der Waals surface area contributed by atoms with E-state index in [0.717, 1.165) is 11.4 Å². The topological polar surface area (TPSA) is 60.1 Å². The van der Waals surface area contributed by atoms with Crippen LogP contribution in [0, 0.1) is 13.8 Å². The van der Waals surface area contributed by atoms with Gasteiger partial charge < -0.3 is 9.73 Å². The lowest BCUT2D eigenvalue weighted by Gasteiger charge is -2.14. The first-order valence-electron chi connectivity index (χ1n) is 5.91. The van der Waals surface area contributed by atoms with Crippen molar-refractivity contribution in [3.63, 3.8) is 0 Å². The maximum atomic E-state index is 11.8. The molecule has 18 heavy (non-hydrogen) atoms. The molecular weight excluding hydrogens is 230 g/mol. The lowest BCUT2D eigenvalue weighted by molar-refractivity contribution is 0.0908. The molecule has 5 heteroatoms. The Kier molecular flexibility index (Phi) is 3.50. The number of amides is 1. The van der Waals surface area contributed by atoms with Crippen molar-refractivity contribution in [1.29, 1.82) is 0 Å². The molecule has 0 aromatic carbocycles. The Hall–Kier alpha value is -2.04. The second-order valence-corrected chi connectivity index (χ2v) is 4.46. The van der Waals surface area contributed by atoms with E-state index >= 15 is 0 Å². The van der Waals surface area contributed by atoms with Gasteiger partial charge in [-0.2, -0.15) is 5.10 Å². The van der Waals surface area contributed by atoms with E-state index in [9.17, 15) is 4.79 Å². The lowest BCUT2D eigenvalue weighted by Crippen LogP contribution is -2.36. The van der Waals surface area contributed by atoms with Crippen LogP contribution in [0.2, 0.25) is 0 Å². The molecule has 0 aliphatic heterocycles. The quantitative estimate of drug-likeness (QED) is 0.897. The van der Waals surface area contributed by atoms with Crippen LogP contribution >= 0.6 is 0 Å². The standard InChI is InChI=1S/C13H17N3O2/c1-9-7-11(3)16(15-9)8-10(2)14-13(17)12-5-4-6-18-12/h4-7,10H,8H2,1-3H3,(H,14,17). The van der Waals surface area contributed by atoms with E-state index in [1.807, 2.05) is 31.5 Å². The number of hydrogen-bond acceptors (Lipinski definition) is 3. The van der Waals surface area contributed by atoms with Gasteiger partial charge in [0.1, 0.15) is 0 Å². The van der Waals surface area contributed by atoms with Crippen LogP contribution in [-0.2, 0) is 6.54 Å². The second-order valence-electron chi connectivity index (χ2n) is 4.46. The highest BCUT2D eigenvalue weighted by molar-refractivity contribution is 5.91. The van der Waals surface area contributed by atoms with Crippen molar-refractivity contribution in [2.24, 2.45) is 0 Å². The number of furan rings is 1. The van der Waals surface area contributed by atoms with Gasteiger partial charge in [-0.1, -0.05) is 0 Å². The molecule has 0 radical (unpaired) electrons. The molecule has 1 amide bonds. The third kappa shape index (κ3) is 2.80. The number of nitrogens with zero attached hydrogens (tertiary/aromatic N) is 2.